The third-order valence-corrected chi connectivity index (χ3v) is 5.53. The van der Waals surface area contributed by atoms with E-state index in [1.54, 1.807) is 17.4 Å². The number of amides is 1. The third-order valence-electron chi connectivity index (χ3n) is 4.42. The molecule has 0 saturated carbocycles. The van der Waals surface area contributed by atoms with E-state index in [0.717, 1.165) is 34.9 Å². The van der Waals surface area contributed by atoms with Gasteiger partial charge in [-0.1, -0.05) is 17.7 Å². The van der Waals surface area contributed by atoms with E-state index in [0.29, 0.717) is 17.9 Å². The number of rotatable bonds is 1. The van der Waals surface area contributed by atoms with Crippen LogP contribution >= 0.6 is 22.9 Å². The molecule has 0 aliphatic carbocycles. The van der Waals surface area contributed by atoms with Crippen molar-refractivity contribution in [2.45, 2.75) is 18.4 Å². The SMILES string of the molecule is O=C1Nc2ccc(Cl)cc2C(c2cccs2)=NC12CCNCC2. The number of hydrogen-bond acceptors (Lipinski definition) is 4. The lowest BCUT2D eigenvalue weighted by atomic mass is 9.88. The Labute approximate surface area is 143 Å². The first kappa shape index (κ1) is 14.9. The van der Waals surface area contributed by atoms with Crippen LogP contribution in [0.3, 0.4) is 0 Å². The average molecular weight is 346 g/mol. The van der Waals surface area contributed by atoms with Crippen LogP contribution in [-0.2, 0) is 4.79 Å². The number of carbonyl (C=O) groups is 1. The minimum absolute atomic E-state index is 0.0193. The number of piperidine rings is 1. The van der Waals surface area contributed by atoms with Crippen molar-refractivity contribution in [2.24, 2.45) is 4.99 Å². The van der Waals surface area contributed by atoms with Crippen molar-refractivity contribution >= 4 is 40.2 Å². The largest absolute Gasteiger partial charge is 0.323 e. The van der Waals surface area contributed by atoms with Gasteiger partial charge in [0, 0.05) is 10.6 Å². The van der Waals surface area contributed by atoms with Gasteiger partial charge < -0.3 is 10.6 Å². The number of nitrogens with zero attached hydrogens (tertiary/aromatic N) is 1. The number of nitrogens with one attached hydrogen (secondary N) is 2. The zero-order chi connectivity index (χ0) is 15.9. The highest BCUT2D eigenvalue weighted by Crippen LogP contribution is 2.34. The van der Waals surface area contributed by atoms with Crippen LogP contribution in [0.15, 0.2) is 40.7 Å². The van der Waals surface area contributed by atoms with E-state index in [4.69, 9.17) is 16.6 Å². The molecular formula is C17H16ClN3OS. The number of anilines is 1. The summed E-state index contributed by atoms with van der Waals surface area (Å²) in [6.45, 7) is 1.59. The van der Waals surface area contributed by atoms with Gasteiger partial charge in [0.15, 0.2) is 0 Å². The van der Waals surface area contributed by atoms with Crippen LogP contribution in [0, 0.1) is 0 Å². The molecule has 0 atom stereocenters. The number of hydrogen-bond donors (Lipinski definition) is 2. The molecule has 118 valence electrons. The lowest BCUT2D eigenvalue weighted by molar-refractivity contribution is -0.121. The molecule has 3 heterocycles. The number of aliphatic imine (C=N–C) groups is 1. The summed E-state index contributed by atoms with van der Waals surface area (Å²) < 4.78 is 0. The predicted molar refractivity (Wildman–Crippen MR) is 94.9 cm³/mol. The van der Waals surface area contributed by atoms with Crippen LogP contribution in [0.2, 0.25) is 5.02 Å². The van der Waals surface area contributed by atoms with Crippen LogP contribution in [0.1, 0.15) is 23.3 Å². The lowest BCUT2D eigenvalue weighted by Crippen LogP contribution is -2.49. The Bertz CT molecular complexity index is 779. The molecule has 4 nitrogen and oxygen atoms in total. The highest BCUT2D eigenvalue weighted by molar-refractivity contribution is 7.12. The molecule has 2 aliphatic rings. The van der Waals surface area contributed by atoms with Gasteiger partial charge in [-0.15, -0.1) is 11.3 Å². The maximum absolute atomic E-state index is 12.9. The molecular weight excluding hydrogens is 330 g/mol. The predicted octanol–water partition coefficient (Wildman–Crippen LogP) is 3.31. The maximum Gasteiger partial charge on any atom is 0.252 e. The molecule has 1 fully saturated rings. The molecule has 0 unspecified atom stereocenters. The van der Waals surface area contributed by atoms with Crippen molar-refractivity contribution in [1.29, 1.82) is 0 Å². The van der Waals surface area contributed by atoms with Crippen LogP contribution < -0.4 is 10.6 Å². The van der Waals surface area contributed by atoms with Crippen molar-refractivity contribution in [1.82, 2.24) is 5.32 Å². The van der Waals surface area contributed by atoms with E-state index in [1.807, 2.05) is 29.6 Å². The Hall–Kier alpha value is -1.69. The topological polar surface area (TPSA) is 53.5 Å². The van der Waals surface area contributed by atoms with E-state index < -0.39 is 5.54 Å². The Kier molecular flexibility index (Phi) is 3.71. The summed E-state index contributed by atoms with van der Waals surface area (Å²) >= 11 is 7.82. The minimum atomic E-state index is -0.698. The number of fused-ring (bicyclic) bond motifs is 1. The molecule has 0 bridgehead atoms. The Morgan fingerprint density at radius 3 is 2.78 bits per heavy atom. The summed E-state index contributed by atoms with van der Waals surface area (Å²) in [5.74, 6) is -0.0193. The fourth-order valence-corrected chi connectivity index (χ4v) is 4.07. The van der Waals surface area contributed by atoms with Crippen LogP contribution in [-0.4, -0.2) is 30.2 Å². The zero-order valence-corrected chi connectivity index (χ0v) is 14.0. The van der Waals surface area contributed by atoms with Crippen molar-refractivity contribution in [2.75, 3.05) is 18.4 Å². The molecule has 2 N–H and O–H groups in total. The molecule has 1 aromatic carbocycles. The first-order valence-corrected chi connectivity index (χ1v) is 8.90. The number of halogens is 1. The van der Waals surface area contributed by atoms with Gasteiger partial charge in [0.05, 0.1) is 16.3 Å². The molecule has 4 rings (SSSR count). The van der Waals surface area contributed by atoms with Gasteiger partial charge in [-0.05, 0) is 55.6 Å². The monoisotopic (exact) mass is 345 g/mol. The summed E-state index contributed by atoms with van der Waals surface area (Å²) in [6, 6.07) is 9.59. The fraction of sp³-hybridized carbons (Fsp3) is 0.294. The summed E-state index contributed by atoms with van der Waals surface area (Å²) in [5, 5.41) is 9.04. The van der Waals surface area contributed by atoms with E-state index in [1.165, 1.54) is 0 Å². The second kappa shape index (κ2) is 5.74. The van der Waals surface area contributed by atoms with Crippen molar-refractivity contribution < 1.29 is 4.79 Å². The lowest BCUT2D eigenvalue weighted by Gasteiger charge is -2.32. The smallest absolute Gasteiger partial charge is 0.252 e. The molecule has 0 radical (unpaired) electrons. The van der Waals surface area contributed by atoms with E-state index in [2.05, 4.69) is 10.6 Å². The molecule has 6 heteroatoms. The number of thiophene rings is 1. The van der Waals surface area contributed by atoms with Gasteiger partial charge in [0.25, 0.3) is 5.91 Å². The minimum Gasteiger partial charge on any atom is -0.323 e. The van der Waals surface area contributed by atoms with Crippen molar-refractivity contribution in [3.8, 4) is 0 Å². The number of carbonyl (C=O) groups excluding carboxylic acids is 1. The normalized spacial score (nSPS) is 19.7. The molecule has 23 heavy (non-hydrogen) atoms. The van der Waals surface area contributed by atoms with Gasteiger partial charge in [-0.25, -0.2) is 0 Å². The summed E-state index contributed by atoms with van der Waals surface area (Å²) in [7, 11) is 0. The Balaban J connectivity index is 1.94. The molecule has 1 amide bonds. The average Bonchev–Trinajstić information content (AvgIpc) is 3.06. The summed E-state index contributed by atoms with van der Waals surface area (Å²) in [6.07, 6.45) is 1.41. The number of benzene rings is 1. The second-order valence-corrected chi connectivity index (χ2v) is 7.25. The van der Waals surface area contributed by atoms with Crippen LogP contribution in [0.5, 0.6) is 0 Å². The van der Waals surface area contributed by atoms with Gasteiger partial charge in [-0.2, -0.15) is 0 Å². The Morgan fingerprint density at radius 2 is 2.04 bits per heavy atom. The molecule has 2 aliphatic heterocycles. The fourth-order valence-electron chi connectivity index (χ4n) is 3.17. The quantitative estimate of drug-likeness (QED) is 0.833. The summed E-state index contributed by atoms with van der Waals surface area (Å²) in [5.41, 5.74) is 1.83. The molecule has 1 spiro atoms. The maximum atomic E-state index is 12.9. The molecule has 2 aromatic rings. The second-order valence-electron chi connectivity index (χ2n) is 5.86. The van der Waals surface area contributed by atoms with Crippen molar-refractivity contribution in [3.05, 3.63) is 51.2 Å². The highest BCUT2D eigenvalue weighted by Gasteiger charge is 2.42. The molecule has 1 aromatic heterocycles. The van der Waals surface area contributed by atoms with Crippen LogP contribution in [0.4, 0.5) is 5.69 Å². The third kappa shape index (κ3) is 2.59. The van der Waals surface area contributed by atoms with Gasteiger partial charge in [-0.3, -0.25) is 9.79 Å². The van der Waals surface area contributed by atoms with Crippen molar-refractivity contribution in [3.63, 3.8) is 0 Å². The van der Waals surface area contributed by atoms with E-state index in [-0.39, 0.29) is 5.91 Å². The highest BCUT2D eigenvalue weighted by atomic mass is 35.5. The standard InChI is InChI=1S/C17H16ClN3OS/c18-11-3-4-13-12(10-11)15(14-2-1-9-23-14)21-17(16(22)20-13)5-7-19-8-6-17/h1-4,9-10,19H,5-8H2,(H,20,22). The Morgan fingerprint density at radius 1 is 1.22 bits per heavy atom. The van der Waals surface area contributed by atoms with E-state index >= 15 is 0 Å². The van der Waals surface area contributed by atoms with Gasteiger partial charge >= 0.3 is 0 Å². The molecule has 1 saturated heterocycles. The van der Waals surface area contributed by atoms with Crippen LogP contribution in [0.25, 0.3) is 0 Å². The first-order valence-electron chi connectivity index (χ1n) is 7.64. The van der Waals surface area contributed by atoms with Gasteiger partial charge in [0.2, 0.25) is 0 Å². The van der Waals surface area contributed by atoms with E-state index in [9.17, 15) is 4.79 Å². The zero-order valence-electron chi connectivity index (χ0n) is 12.4. The summed E-state index contributed by atoms with van der Waals surface area (Å²) in [4.78, 5) is 18.9. The van der Waals surface area contributed by atoms with Gasteiger partial charge in [0.1, 0.15) is 5.54 Å². The first-order chi connectivity index (χ1) is 11.2.